The van der Waals surface area contributed by atoms with Crippen LogP contribution in [-0.4, -0.2) is 17.9 Å². The predicted octanol–water partition coefficient (Wildman–Crippen LogP) is 4.42. The van der Waals surface area contributed by atoms with Crippen molar-refractivity contribution in [2.75, 3.05) is 5.75 Å². The zero-order valence-corrected chi connectivity index (χ0v) is 14.1. The molecule has 0 spiro atoms. The van der Waals surface area contributed by atoms with Crippen LogP contribution in [0.1, 0.15) is 17.5 Å². The summed E-state index contributed by atoms with van der Waals surface area (Å²) in [5.74, 6) is -0.0658. The lowest BCUT2D eigenvalue weighted by Crippen LogP contribution is -2.18. The quantitative estimate of drug-likeness (QED) is 0.476. The molecule has 0 saturated carbocycles. The van der Waals surface area contributed by atoms with Crippen LogP contribution < -0.4 is 5.43 Å². The summed E-state index contributed by atoms with van der Waals surface area (Å²) < 4.78 is 13.5. The first-order valence-corrected chi connectivity index (χ1v) is 8.38. The van der Waals surface area contributed by atoms with E-state index < -0.39 is 5.82 Å². The molecule has 120 valence electrons. The Morgan fingerprint density at radius 1 is 1.30 bits per heavy atom. The van der Waals surface area contributed by atoms with Gasteiger partial charge in [0, 0.05) is 22.6 Å². The number of benzene rings is 2. The molecule has 0 atom stereocenters. The Balaban J connectivity index is 1.77. The maximum atomic E-state index is 13.5. The number of halogens is 2. The first-order valence-electron chi connectivity index (χ1n) is 7.01. The average molecular weight is 351 g/mol. The topological polar surface area (TPSA) is 41.5 Å². The number of nitrogens with zero attached hydrogens (tertiary/aromatic N) is 1. The standard InChI is InChI=1S/C17H16ClFN2OS/c1-12-5-7-13(8-6-12)23-10-9-17(22)21-20-11-14-15(18)3-2-4-16(14)19/h2-8,11H,9-10H2,1H3,(H,21,22)/b20-11-. The highest BCUT2D eigenvalue weighted by atomic mass is 35.5. The Morgan fingerprint density at radius 2 is 2.04 bits per heavy atom. The van der Waals surface area contributed by atoms with E-state index in [2.05, 4.69) is 10.5 Å². The molecule has 0 unspecified atom stereocenters. The van der Waals surface area contributed by atoms with Gasteiger partial charge in [-0.3, -0.25) is 4.79 Å². The number of carbonyl (C=O) groups excluding carboxylic acids is 1. The fraction of sp³-hybridized carbons (Fsp3) is 0.176. The molecule has 6 heteroatoms. The van der Waals surface area contributed by atoms with E-state index in [0.29, 0.717) is 12.2 Å². The van der Waals surface area contributed by atoms with Crippen molar-refractivity contribution in [2.24, 2.45) is 5.10 Å². The molecule has 23 heavy (non-hydrogen) atoms. The van der Waals surface area contributed by atoms with Crippen molar-refractivity contribution in [2.45, 2.75) is 18.2 Å². The lowest BCUT2D eigenvalue weighted by atomic mass is 10.2. The molecule has 2 aromatic rings. The Kier molecular flexibility index (Phi) is 6.62. The van der Waals surface area contributed by atoms with Crippen LogP contribution in [0, 0.1) is 12.7 Å². The normalized spacial score (nSPS) is 10.9. The van der Waals surface area contributed by atoms with Gasteiger partial charge in [0.25, 0.3) is 0 Å². The fourth-order valence-corrected chi connectivity index (χ4v) is 2.82. The Bertz CT molecular complexity index is 684. The molecule has 2 aromatic carbocycles. The van der Waals surface area contributed by atoms with Gasteiger partial charge in [0.05, 0.1) is 11.2 Å². The Labute approximate surface area is 143 Å². The van der Waals surface area contributed by atoms with Gasteiger partial charge >= 0.3 is 0 Å². The molecule has 0 saturated heterocycles. The van der Waals surface area contributed by atoms with E-state index in [-0.39, 0.29) is 16.5 Å². The molecule has 0 heterocycles. The minimum absolute atomic E-state index is 0.156. The van der Waals surface area contributed by atoms with Gasteiger partial charge in [0.1, 0.15) is 5.82 Å². The van der Waals surface area contributed by atoms with Gasteiger partial charge in [-0.1, -0.05) is 35.4 Å². The van der Waals surface area contributed by atoms with Gasteiger partial charge < -0.3 is 0 Å². The first-order chi connectivity index (χ1) is 11.1. The minimum atomic E-state index is -0.481. The number of nitrogens with one attached hydrogen (secondary N) is 1. The summed E-state index contributed by atoms with van der Waals surface area (Å²) in [5, 5.41) is 3.99. The van der Waals surface area contributed by atoms with Crippen LogP contribution in [0.2, 0.25) is 5.02 Å². The maximum absolute atomic E-state index is 13.5. The maximum Gasteiger partial charge on any atom is 0.240 e. The number of hydrogen-bond acceptors (Lipinski definition) is 3. The molecular formula is C17H16ClFN2OS. The van der Waals surface area contributed by atoms with Gasteiger partial charge in [-0.25, -0.2) is 9.82 Å². The molecule has 1 amide bonds. The van der Waals surface area contributed by atoms with Gasteiger partial charge in [0.2, 0.25) is 5.91 Å². The number of hydrogen-bond donors (Lipinski definition) is 1. The van der Waals surface area contributed by atoms with E-state index in [1.54, 1.807) is 17.8 Å². The van der Waals surface area contributed by atoms with E-state index in [0.717, 1.165) is 4.90 Å². The van der Waals surface area contributed by atoms with Crippen LogP contribution >= 0.6 is 23.4 Å². The van der Waals surface area contributed by atoms with Crippen LogP contribution in [0.25, 0.3) is 0 Å². The summed E-state index contributed by atoms with van der Waals surface area (Å²) in [6.45, 7) is 2.03. The molecule has 0 aromatic heterocycles. The van der Waals surface area contributed by atoms with Crippen molar-refractivity contribution < 1.29 is 9.18 Å². The second kappa shape index (κ2) is 8.70. The molecule has 0 fully saturated rings. The van der Waals surface area contributed by atoms with E-state index in [1.165, 1.54) is 23.9 Å². The molecule has 3 nitrogen and oxygen atoms in total. The third kappa shape index (κ3) is 5.69. The zero-order chi connectivity index (χ0) is 16.7. The number of aryl methyl sites for hydroxylation is 1. The summed E-state index contributed by atoms with van der Waals surface area (Å²) in [6, 6.07) is 12.5. The SMILES string of the molecule is Cc1ccc(SCCC(=O)N/N=C\c2c(F)cccc2Cl)cc1. The molecule has 0 aliphatic heterocycles. The molecule has 1 N–H and O–H groups in total. The number of thioether (sulfide) groups is 1. The van der Waals surface area contributed by atoms with Gasteiger partial charge in [-0.2, -0.15) is 5.10 Å². The third-order valence-corrected chi connectivity index (χ3v) is 4.34. The second-order valence-corrected chi connectivity index (χ2v) is 6.42. The smallest absolute Gasteiger partial charge is 0.240 e. The second-order valence-electron chi connectivity index (χ2n) is 4.84. The summed E-state index contributed by atoms with van der Waals surface area (Å²) in [6.07, 6.45) is 1.53. The fourth-order valence-electron chi connectivity index (χ4n) is 1.75. The highest BCUT2D eigenvalue weighted by Gasteiger charge is 2.04. The van der Waals surface area contributed by atoms with E-state index in [9.17, 15) is 9.18 Å². The van der Waals surface area contributed by atoms with Crippen LogP contribution in [0.15, 0.2) is 52.5 Å². The van der Waals surface area contributed by atoms with Crippen molar-refractivity contribution in [3.8, 4) is 0 Å². The number of rotatable bonds is 6. The molecular weight excluding hydrogens is 335 g/mol. The Hall–Kier alpha value is -1.85. The molecule has 0 bridgehead atoms. The van der Waals surface area contributed by atoms with E-state index in [1.807, 2.05) is 31.2 Å². The number of amides is 1. The summed E-state index contributed by atoms with van der Waals surface area (Å²) in [4.78, 5) is 12.8. The van der Waals surface area contributed by atoms with Gasteiger partial charge in [0.15, 0.2) is 0 Å². The summed E-state index contributed by atoms with van der Waals surface area (Å²) >= 11 is 7.46. The van der Waals surface area contributed by atoms with Crippen molar-refractivity contribution in [1.82, 2.24) is 5.43 Å². The largest absolute Gasteiger partial charge is 0.273 e. The van der Waals surface area contributed by atoms with Gasteiger partial charge in [-0.15, -0.1) is 11.8 Å². The number of hydrazone groups is 1. The molecule has 0 aliphatic rings. The predicted molar refractivity (Wildman–Crippen MR) is 93.7 cm³/mol. The molecule has 2 rings (SSSR count). The van der Waals surface area contributed by atoms with Crippen LogP contribution in [0.5, 0.6) is 0 Å². The molecule has 0 radical (unpaired) electrons. The van der Waals surface area contributed by atoms with Gasteiger partial charge in [-0.05, 0) is 31.2 Å². The van der Waals surface area contributed by atoms with Crippen LogP contribution in [0.3, 0.4) is 0 Å². The highest BCUT2D eigenvalue weighted by molar-refractivity contribution is 7.99. The van der Waals surface area contributed by atoms with Crippen molar-refractivity contribution in [1.29, 1.82) is 0 Å². The monoisotopic (exact) mass is 350 g/mol. The number of carbonyl (C=O) groups is 1. The van der Waals surface area contributed by atoms with Crippen LogP contribution in [-0.2, 0) is 4.79 Å². The van der Waals surface area contributed by atoms with Crippen molar-refractivity contribution in [3.05, 3.63) is 64.4 Å². The van der Waals surface area contributed by atoms with E-state index in [4.69, 9.17) is 11.6 Å². The Morgan fingerprint density at radius 3 is 2.74 bits per heavy atom. The first kappa shape index (κ1) is 17.5. The lowest BCUT2D eigenvalue weighted by Gasteiger charge is -2.02. The summed E-state index contributed by atoms with van der Waals surface area (Å²) in [7, 11) is 0. The van der Waals surface area contributed by atoms with Crippen molar-refractivity contribution >= 4 is 35.5 Å². The highest BCUT2D eigenvalue weighted by Crippen LogP contribution is 2.19. The molecule has 0 aliphatic carbocycles. The average Bonchev–Trinajstić information content (AvgIpc) is 2.52. The van der Waals surface area contributed by atoms with Crippen LogP contribution in [0.4, 0.5) is 4.39 Å². The minimum Gasteiger partial charge on any atom is -0.273 e. The summed E-state index contributed by atoms with van der Waals surface area (Å²) in [5.41, 5.74) is 3.73. The van der Waals surface area contributed by atoms with E-state index >= 15 is 0 Å². The van der Waals surface area contributed by atoms with Crippen molar-refractivity contribution in [3.63, 3.8) is 0 Å². The zero-order valence-electron chi connectivity index (χ0n) is 12.6. The lowest BCUT2D eigenvalue weighted by molar-refractivity contribution is -0.120. The third-order valence-electron chi connectivity index (χ3n) is 3.00.